The maximum Gasteiger partial charge on any atom is 0.228 e. The van der Waals surface area contributed by atoms with Crippen LogP contribution < -0.4 is 16.0 Å². The van der Waals surface area contributed by atoms with Gasteiger partial charge in [-0.05, 0) is 50.5 Å². The van der Waals surface area contributed by atoms with E-state index in [-0.39, 0.29) is 11.8 Å². The van der Waals surface area contributed by atoms with E-state index in [1.807, 2.05) is 0 Å². The summed E-state index contributed by atoms with van der Waals surface area (Å²) in [5, 5.41) is 9.39. The molecule has 3 rings (SSSR count). The van der Waals surface area contributed by atoms with Crippen molar-refractivity contribution >= 4 is 11.8 Å². The smallest absolute Gasteiger partial charge is 0.228 e. The molecule has 0 radical (unpaired) electrons. The van der Waals surface area contributed by atoms with E-state index in [4.69, 9.17) is 0 Å². The van der Waals surface area contributed by atoms with Gasteiger partial charge in [-0.25, -0.2) is 0 Å². The number of carbonyl (C=O) groups excluding carboxylic acids is 2. The van der Waals surface area contributed by atoms with Gasteiger partial charge in [-0.3, -0.25) is 9.59 Å². The van der Waals surface area contributed by atoms with E-state index in [1.54, 1.807) is 0 Å². The van der Waals surface area contributed by atoms with E-state index in [9.17, 15) is 9.59 Å². The Kier molecular flexibility index (Phi) is 5.01. The van der Waals surface area contributed by atoms with Crippen LogP contribution in [0.25, 0.3) is 0 Å². The number of amides is 2. The van der Waals surface area contributed by atoms with Crippen molar-refractivity contribution in [2.24, 2.45) is 17.3 Å². The summed E-state index contributed by atoms with van der Waals surface area (Å²) in [6, 6.07) is 0. The molecule has 0 spiro atoms. The molecule has 3 N–H and O–H groups in total. The lowest BCUT2D eigenvalue weighted by atomic mass is 9.80. The minimum atomic E-state index is -0.534. The van der Waals surface area contributed by atoms with Crippen LogP contribution in [0.5, 0.6) is 0 Å². The van der Waals surface area contributed by atoms with Crippen LogP contribution in [-0.2, 0) is 9.59 Å². The zero-order valence-corrected chi connectivity index (χ0v) is 13.5. The molecule has 0 bridgehead atoms. The van der Waals surface area contributed by atoms with Crippen molar-refractivity contribution in [1.82, 2.24) is 16.0 Å². The molecule has 5 heteroatoms. The molecule has 1 saturated heterocycles. The fourth-order valence-electron chi connectivity index (χ4n) is 3.62. The average molecular weight is 307 g/mol. The second kappa shape index (κ2) is 6.99. The van der Waals surface area contributed by atoms with Crippen molar-refractivity contribution in [1.29, 1.82) is 0 Å². The maximum absolute atomic E-state index is 12.6. The normalized spacial score (nSPS) is 28.7. The quantitative estimate of drug-likeness (QED) is 0.662. The molecule has 5 nitrogen and oxygen atoms in total. The lowest BCUT2D eigenvalue weighted by molar-refractivity contribution is -0.136. The van der Waals surface area contributed by atoms with Crippen molar-refractivity contribution in [2.75, 3.05) is 26.2 Å². The Bertz CT molecular complexity index is 410. The largest absolute Gasteiger partial charge is 0.356 e. The molecule has 0 aromatic rings. The van der Waals surface area contributed by atoms with Crippen LogP contribution in [0.1, 0.15) is 51.4 Å². The van der Waals surface area contributed by atoms with Crippen LogP contribution in [0.15, 0.2) is 0 Å². The summed E-state index contributed by atoms with van der Waals surface area (Å²) in [5.74, 6) is 1.43. The number of rotatable bonds is 7. The molecule has 3 aliphatic rings. The van der Waals surface area contributed by atoms with Gasteiger partial charge in [-0.2, -0.15) is 0 Å². The van der Waals surface area contributed by atoms with Crippen molar-refractivity contribution in [3.05, 3.63) is 0 Å². The molecule has 1 heterocycles. The van der Waals surface area contributed by atoms with E-state index >= 15 is 0 Å². The predicted molar refractivity (Wildman–Crippen MR) is 85.2 cm³/mol. The fraction of sp³-hybridized carbons (Fsp3) is 0.882. The van der Waals surface area contributed by atoms with E-state index in [2.05, 4.69) is 16.0 Å². The SMILES string of the molecule is O=C(CC1(C(=O)NCC2CCC2)CCNC1)NCC1CCC1. The molecule has 22 heavy (non-hydrogen) atoms. The second-order valence-corrected chi connectivity index (χ2v) is 7.49. The third-order valence-corrected chi connectivity index (χ3v) is 5.81. The first-order chi connectivity index (χ1) is 10.7. The number of hydrogen-bond acceptors (Lipinski definition) is 3. The highest BCUT2D eigenvalue weighted by Crippen LogP contribution is 2.31. The Morgan fingerprint density at radius 1 is 1.00 bits per heavy atom. The lowest BCUT2D eigenvalue weighted by Crippen LogP contribution is -2.47. The molecule has 1 atom stereocenters. The fourth-order valence-corrected chi connectivity index (χ4v) is 3.62. The molecular weight excluding hydrogens is 278 g/mol. The van der Waals surface area contributed by atoms with Crippen molar-refractivity contribution < 1.29 is 9.59 Å². The minimum Gasteiger partial charge on any atom is -0.356 e. The average Bonchev–Trinajstić information content (AvgIpc) is 2.84. The van der Waals surface area contributed by atoms with E-state index in [0.29, 0.717) is 24.8 Å². The molecule has 2 amide bonds. The Balaban J connectivity index is 1.48. The van der Waals surface area contributed by atoms with E-state index in [1.165, 1.54) is 38.5 Å². The van der Waals surface area contributed by atoms with Crippen LogP contribution in [0.3, 0.4) is 0 Å². The highest BCUT2D eigenvalue weighted by molar-refractivity contribution is 5.89. The molecule has 2 saturated carbocycles. The Labute approximate surface area is 133 Å². The molecule has 124 valence electrons. The van der Waals surface area contributed by atoms with Gasteiger partial charge >= 0.3 is 0 Å². The lowest BCUT2D eigenvalue weighted by Gasteiger charge is -2.31. The molecule has 2 aliphatic carbocycles. The van der Waals surface area contributed by atoms with Crippen molar-refractivity contribution in [3.63, 3.8) is 0 Å². The Morgan fingerprint density at radius 3 is 2.14 bits per heavy atom. The van der Waals surface area contributed by atoms with Crippen LogP contribution in [0.4, 0.5) is 0 Å². The number of carbonyl (C=O) groups is 2. The summed E-state index contributed by atoms with van der Waals surface area (Å²) in [4.78, 5) is 24.9. The van der Waals surface area contributed by atoms with E-state index in [0.717, 1.165) is 26.1 Å². The van der Waals surface area contributed by atoms with Gasteiger partial charge in [0.25, 0.3) is 0 Å². The predicted octanol–water partition coefficient (Wildman–Crippen LogP) is 1.19. The highest BCUT2D eigenvalue weighted by atomic mass is 16.2. The molecule has 1 unspecified atom stereocenters. The van der Waals surface area contributed by atoms with Gasteiger partial charge in [0.2, 0.25) is 11.8 Å². The highest BCUT2D eigenvalue weighted by Gasteiger charge is 2.43. The van der Waals surface area contributed by atoms with Crippen LogP contribution in [-0.4, -0.2) is 38.0 Å². The summed E-state index contributed by atoms with van der Waals surface area (Å²) in [5.41, 5.74) is -0.534. The summed E-state index contributed by atoms with van der Waals surface area (Å²) >= 11 is 0. The summed E-state index contributed by atoms with van der Waals surface area (Å²) in [7, 11) is 0. The molecular formula is C17H29N3O2. The number of hydrogen-bond donors (Lipinski definition) is 3. The van der Waals surface area contributed by atoms with Gasteiger partial charge in [0.15, 0.2) is 0 Å². The molecule has 0 aromatic carbocycles. The van der Waals surface area contributed by atoms with Crippen LogP contribution >= 0.6 is 0 Å². The van der Waals surface area contributed by atoms with Crippen molar-refractivity contribution in [3.8, 4) is 0 Å². The molecule has 1 aliphatic heterocycles. The van der Waals surface area contributed by atoms with E-state index < -0.39 is 5.41 Å². The number of nitrogens with one attached hydrogen (secondary N) is 3. The second-order valence-electron chi connectivity index (χ2n) is 7.49. The van der Waals surface area contributed by atoms with Crippen LogP contribution in [0.2, 0.25) is 0 Å². The monoisotopic (exact) mass is 307 g/mol. The van der Waals surface area contributed by atoms with Gasteiger partial charge < -0.3 is 16.0 Å². The third-order valence-electron chi connectivity index (χ3n) is 5.81. The zero-order chi connectivity index (χ0) is 15.4. The summed E-state index contributed by atoms with van der Waals surface area (Å²) in [6.45, 7) is 3.02. The minimum absolute atomic E-state index is 0.0365. The van der Waals surface area contributed by atoms with Crippen molar-refractivity contribution in [2.45, 2.75) is 51.4 Å². The van der Waals surface area contributed by atoms with Gasteiger partial charge in [-0.1, -0.05) is 12.8 Å². The standard InChI is InChI=1S/C17H29N3O2/c21-15(19-10-13-3-1-4-13)9-17(7-8-18-12-17)16(22)20-11-14-5-2-6-14/h13-14,18H,1-12H2,(H,19,21)(H,20,22). The first-order valence-corrected chi connectivity index (χ1v) is 8.94. The maximum atomic E-state index is 12.6. The zero-order valence-electron chi connectivity index (χ0n) is 13.5. The molecule has 3 fully saturated rings. The third kappa shape index (κ3) is 3.62. The first-order valence-electron chi connectivity index (χ1n) is 8.94. The van der Waals surface area contributed by atoms with Gasteiger partial charge in [0.1, 0.15) is 0 Å². The van der Waals surface area contributed by atoms with Gasteiger partial charge in [0.05, 0.1) is 5.41 Å². The topological polar surface area (TPSA) is 70.2 Å². The molecule has 0 aromatic heterocycles. The first kappa shape index (κ1) is 15.8. The van der Waals surface area contributed by atoms with Gasteiger partial charge in [-0.15, -0.1) is 0 Å². The Morgan fingerprint density at radius 2 is 1.64 bits per heavy atom. The Hall–Kier alpha value is -1.10. The summed E-state index contributed by atoms with van der Waals surface area (Å²) in [6.07, 6.45) is 8.59. The summed E-state index contributed by atoms with van der Waals surface area (Å²) < 4.78 is 0. The van der Waals surface area contributed by atoms with Gasteiger partial charge in [0, 0.05) is 26.1 Å². The van der Waals surface area contributed by atoms with Crippen LogP contribution in [0, 0.1) is 17.3 Å².